The Labute approximate surface area is 79.0 Å². The summed E-state index contributed by atoms with van der Waals surface area (Å²) < 4.78 is 0. The molecule has 0 saturated carbocycles. The summed E-state index contributed by atoms with van der Waals surface area (Å²) >= 11 is 0. The van der Waals surface area contributed by atoms with E-state index >= 15 is 0 Å². The summed E-state index contributed by atoms with van der Waals surface area (Å²) in [5, 5.41) is 0. The van der Waals surface area contributed by atoms with Gasteiger partial charge in [0.25, 0.3) is 0 Å². The van der Waals surface area contributed by atoms with Crippen LogP contribution in [0.1, 0.15) is 38.3 Å². The molecular formula is C11H17NO. The summed E-state index contributed by atoms with van der Waals surface area (Å²) in [7, 11) is 0. The lowest BCUT2D eigenvalue weighted by molar-refractivity contribution is 0.501. The van der Waals surface area contributed by atoms with Gasteiger partial charge in [-0.25, -0.2) is 0 Å². The molecule has 0 aliphatic carbocycles. The molecule has 0 spiro atoms. The fraction of sp³-hybridized carbons (Fsp3) is 0.545. The summed E-state index contributed by atoms with van der Waals surface area (Å²) in [5.74, 6) is 0. The van der Waals surface area contributed by atoms with Gasteiger partial charge in [0.2, 0.25) is 5.56 Å². The molecular weight excluding hydrogens is 162 g/mol. The normalized spacial score (nSPS) is 11.7. The predicted molar refractivity (Wildman–Crippen MR) is 55.1 cm³/mol. The van der Waals surface area contributed by atoms with E-state index in [9.17, 15) is 4.79 Å². The molecule has 0 atom stereocenters. The first kappa shape index (κ1) is 10.0. The molecule has 0 amide bonds. The molecule has 2 nitrogen and oxygen atoms in total. The fourth-order valence-electron chi connectivity index (χ4n) is 1.49. The van der Waals surface area contributed by atoms with Crippen LogP contribution in [0.5, 0.6) is 0 Å². The molecule has 1 aromatic rings. The highest BCUT2D eigenvalue weighted by molar-refractivity contribution is 5.28. The van der Waals surface area contributed by atoms with Crippen molar-refractivity contribution in [1.29, 1.82) is 0 Å². The number of hydrogen-bond donors (Lipinski definition) is 1. The second kappa shape index (κ2) is 3.36. The maximum Gasteiger partial charge on any atom is 0.248 e. The van der Waals surface area contributed by atoms with Gasteiger partial charge < -0.3 is 4.98 Å². The first-order valence-electron chi connectivity index (χ1n) is 4.67. The highest BCUT2D eigenvalue weighted by Crippen LogP contribution is 2.27. The third-order valence-corrected chi connectivity index (χ3v) is 2.74. The van der Waals surface area contributed by atoms with Crippen molar-refractivity contribution in [2.24, 2.45) is 0 Å². The third-order valence-electron chi connectivity index (χ3n) is 2.74. The van der Waals surface area contributed by atoms with Crippen LogP contribution < -0.4 is 5.56 Å². The molecule has 13 heavy (non-hydrogen) atoms. The highest BCUT2D eigenvalue weighted by atomic mass is 16.1. The molecule has 72 valence electrons. The second-order valence-electron chi connectivity index (χ2n) is 4.13. The van der Waals surface area contributed by atoms with Gasteiger partial charge in [-0.1, -0.05) is 20.8 Å². The summed E-state index contributed by atoms with van der Waals surface area (Å²) in [6.07, 6.45) is 2.90. The van der Waals surface area contributed by atoms with E-state index in [1.54, 1.807) is 6.07 Å². The van der Waals surface area contributed by atoms with E-state index in [2.05, 4.69) is 25.8 Å². The van der Waals surface area contributed by atoms with E-state index in [1.807, 2.05) is 13.1 Å². The Kier molecular flexibility index (Phi) is 2.60. The zero-order valence-electron chi connectivity index (χ0n) is 8.77. The topological polar surface area (TPSA) is 32.9 Å². The Balaban J connectivity index is 3.23. The average molecular weight is 179 g/mol. The van der Waals surface area contributed by atoms with Crippen LogP contribution in [0.4, 0.5) is 0 Å². The summed E-state index contributed by atoms with van der Waals surface area (Å²) in [6, 6.07) is 1.66. The molecule has 1 rings (SSSR count). The zero-order valence-corrected chi connectivity index (χ0v) is 8.77. The monoisotopic (exact) mass is 179 g/mol. The van der Waals surface area contributed by atoms with Crippen molar-refractivity contribution in [3.8, 4) is 0 Å². The number of aromatic nitrogens is 1. The number of pyridine rings is 1. The van der Waals surface area contributed by atoms with Gasteiger partial charge in [0.15, 0.2) is 0 Å². The molecule has 1 heterocycles. The third kappa shape index (κ3) is 2.00. The van der Waals surface area contributed by atoms with E-state index < -0.39 is 0 Å². The molecule has 0 saturated heterocycles. The molecule has 1 aromatic heterocycles. The lowest BCUT2D eigenvalue weighted by Gasteiger charge is -2.24. The summed E-state index contributed by atoms with van der Waals surface area (Å²) in [4.78, 5) is 13.7. The quantitative estimate of drug-likeness (QED) is 0.742. The molecule has 0 aromatic carbocycles. The van der Waals surface area contributed by atoms with E-state index in [1.165, 1.54) is 5.56 Å². The maximum absolute atomic E-state index is 11.0. The Bertz CT molecular complexity index is 349. The molecule has 0 aliphatic rings. The Hall–Kier alpha value is -1.05. The maximum atomic E-state index is 11.0. The minimum atomic E-state index is -0.0202. The zero-order chi connectivity index (χ0) is 10.1. The first-order valence-corrected chi connectivity index (χ1v) is 4.67. The smallest absolute Gasteiger partial charge is 0.248 e. The van der Waals surface area contributed by atoms with Crippen molar-refractivity contribution in [2.75, 3.05) is 0 Å². The van der Waals surface area contributed by atoms with Crippen LogP contribution in [0.3, 0.4) is 0 Å². The minimum absolute atomic E-state index is 0.0202. The van der Waals surface area contributed by atoms with Crippen molar-refractivity contribution < 1.29 is 0 Å². The second-order valence-corrected chi connectivity index (χ2v) is 4.13. The van der Waals surface area contributed by atoms with Crippen molar-refractivity contribution in [3.63, 3.8) is 0 Å². The van der Waals surface area contributed by atoms with Gasteiger partial charge in [-0.15, -0.1) is 0 Å². The standard InChI is InChI=1S/C11H17NO/c1-5-11(3,4)9-7-12-10(13)6-8(9)2/h6-7H,5H2,1-4H3,(H,12,13). The minimum Gasteiger partial charge on any atom is -0.329 e. The van der Waals surface area contributed by atoms with Crippen molar-refractivity contribution in [3.05, 3.63) is 33.7 Å². The summed E-state index contributed by atoms with van der Waals surface area (Å²) in [6.45, 7) is 8.52. The molecule has 1 N–H and O–H groups in total. The predicted octanol–water partition coefficient (Wildman–Crippen LogP) is 2.37. The van der Waals surface area contributed by atoms with E-state index in [0.717, 1.165) is 12.0 Å². The molecule has 0 radical (unpaired) electrons. The van der Waals surface area contributed by atoms with Gasteiger partial charge in [-0.05, 0) is 29.9 Å². The average Bonchev–Trinajstić information content (AvgIpc) is 2.03. The van der Waals surface area contributed by atoms with Crippen LogP contribution in [0.15, 0.2) is 17.1 Å². The number of H-pyrrole nitrogens is 1. The van der Waals surface area contributed by atoms with E-state index in [4.69, 9.17) is 0 Å². The highest BCUT2D eigenvalue weighted by Gasteiger charge is 2.19. The van der Waals surface area contributed by atoms with Crippen molar-refractivity contribution >= 4 is 0 Å². The number of aromatic amines is 1. The number of aryl methyl sites for hydroxylation is 1. The van der Waals surface area contributed by atoms with Crippen molar-refractivity contribution in [1.82, 2.24) is 4.98 Å². The number of rotatable bonds is 2. The lowest BCUT2D eigenvalue weighted by Crippen LogP contribution is -2.20. The molecule has 0 aliphatic heterocycles. The Morgan fingerprint density at radius 1 is 1.46 bits per heavy atom. The molecule has 0 unspecified atom stereocenters. The van der Waals surface area contributed by atoms with Crippen molar-refractivity contribution in [2.45, 2.75) is 39.5 Å². The molecule has 0 fully saturated rings. The Morgan fingerprint density at radius 3 is 2.54 bits per heavy atom. The van der Waals surface area contributed by atoms with Crippen LogP contribution in [-0.2, 0) is 5.41 Å². The van der Waals surface area contributed by atoms with E-state index in [-0.39, 0.29) is 11.0 Å². The van der Waals surface area contributed by atoms with Crippen LogP contribution in [0, 0.1) is 6.92 Å². The van der Waals surface area contributed by atoms with Gasteiger partial charge in [0, 0.05) is 12.3 Å². The number of nitrogens with one attached hydrogen (secondary N) is 1. The molecule has 2 heteroatoms. The summed E-state index contributed by atoms with van der Waals surface area (Å²) in [5.41, 5.74) is 2.44. The van der Waals surface area contributed by atoms with Crippen LogP contribution >= 0.6 is 0 Å². The van der Waals surface area contributed by atoms with Gasteiger partial charge in [0.05, 0.1) is 0 Å². The lowest BCUT2D eigenvalue weighted by atomic mass is 9.81. The van der Waals surface area contributed by atoms with Gasteiger partial charge in [-0.3, -0.25) is 4.79 Å². The van der Waals surface area contributed by atoms with E-state index in [0.29, 0.717) is 0 Å². The van der Waals surface area contributed by atoms with Crippen LogP contribution in [0.2, 0.25) is 0 Å². The van der Waals surface area contributed by atoms with Gasteiger partial charge in [-0.2, -0.15) is 0 Å². The fourth-order valence-corrected chi connectivity index (χ4v) is 1.49. The largest absolute Gasteiger partial charge is 0.329 e. The van der Waals surface area contributed by atoms with Crippen LogP contribution in [0.25, 0.3) is 0 Å². The Morgan fingerprint density at radius 2 is 2.08 bits per heavy atom. The van der Waals surface area contributed by atoms with Gasteiger partial charge >= 0.3 is 0 Å². The molecule has 0 bridgehead atoms. The number of hydrogen-bond acceptors (Lipinski definition) is 1. The first-order chi connectivity index (χ1) is 5.97. The SMILES string of the molecule is CCC(C)(C)c1c[nH]c(=O)cc1C. The van der Waals surface area contributed by atoms with Crippen LogP contribution in [-0.4, -0.2) is 4.98 Å². The van der Waals surface area contributed by atoms with Gasteiger partial charge in [0.1, 0.15) is 0 Å².